The van der Waals surface area contributed by atoms with Gasteiger partial charge in [-0.25, -0.2) is 0 Å². The summed E-state index contributed by atoms with van der Waals surface area (Å²) >= 11 is 0. The van der Waals surface area contributed by atoms with Crippen LogP contribution in [0.5, 0.6) is 17.2 Å². The van der Waals surface area contributed by atoms with Gasteiger partial charge in [-0.2, -0.15) is 0 Å². The number of carbonyl (C=O) groups excluding carboxylic acids is 1. The van der Waals surface area contributed by atoms with Gasteiger partial charge in [0, 0.05) is 13.1 Å². The van der Waals surface area contributed by atoms with E-state index in [0.717, 1.165) is 11.5 Å². The zero-order valence-corrected chi connectivity index (χ0v) is 14.6. The van der Waals surface area contributed by atoms with Crippen molar-refractivity contribution in [3.63, 3.8) is 0 Å². The summed E-state index contributed by atoms with van der Waals surface area (Å²) in [6.07, 6.45) is 0.115. The molecule has 0 N–H and O–H groups in total. The lowest BCUT2D eigenvalue weighted by Crippen LogP contribution is -2.49. The van der Waals surface area contributed by atoms with E-state index in [1.54, 1.807) is 17.0 Å². The van der Waals surface area contributed by atoms with E-state index < -0.39 is 0 Å². The van der Waals surface area contributed by atoms with Crippen LogP contribution in [0.1, 0.15) is 13.8 Å². The molecule has 0 saturated carbocycles. The fourth-order valence-electron chi connectivity index (χ4n) is 2.85. The van der Waals surface area contributed by atoms with Crippen molar-refractivity contribution < 1.29 is 19.0 Å². The first-order chi connectivity index (χ1) is 12.1. The highest BCUT2D eigenvalue weighted by Gasteiger charge is 2.25. The van der Waals surface area contributed by atoms with E-state index in [9.17, 15) is 4.79 Å². The van der Waals surface area contributed by atoms with Crippen LogP contribution in [-0.4, -0.2) is 42.7 Å². The molecule has 2 aromatic carbocycles. The first kappa shape index (κ1) is 17.3. The lowest BCUT2D eigenvalue weighted by molar-refractivity contribution is -0.145. The number of benzene rings is 2. The van der Waals surface area contributed by atoms with E-state index in [0.29, 0.717) is 18.8 Å². The van der Waals surface area contributed by atoms with E-state index in [1.165, 1.54) is 0 Å². The molecule has 0 unspecified atom stereocenters. The molecule has 1 amide bonds. The van der Waals surface area contributed by atoms with Crippen LogP contribution in [0.4, 0.5) is 0 Å². The average molecular weight is 341 g/mol. The maximum atomic E-state index is 12.3. The molecule has 0 aliphatic carbocycles. The van der Waals surface area contributed by atoms with Crippen molar-refractivity contribution in [1.82, 2.24) is 4.90 Å². The highest BCUT2D eigenvalue weighted by molar-refractivity contribution is 5.78. The van der Waals surface area contributed by atoms with Crippen molar-refractivity contribution in [3.8, 4) is 17.2 Å². The second-order valence-electron chi connectivity index (χ2n) is 6.23. The third-order valence-electron chi connectivity index (χ3n) is 3.94. The van der Waals surface area contributed by atoms with Crippen molar-refractivity contribution >= 4 is 5.91 Å². The van der Waals surface area contributed by atoms with Gasteiger partial charge in [-0.05, 0) is 50.2 Å². The summed E-state index contributed by atoms with van der Waals surface area (Å²) < 4.78 is 17.0. The van der Waals surface area contributed by atoms with Crippen LogP contribution in [0, 0.1) is 0 Å². The van der Waals surface area contributed by atoms with Gasteiger partial charge in [-0.15, -0.1) is 0 Å². The van der Waals surface area contributed by atoms with Crippen LogP contribution in [-0.2, 0) is 9.53 Å². The van der Waals surface area contributed by atoms with Crippen LogP contribution in [0.15, 0.2) is 54.6 Å². The van der Waals surface area contributed by atoms with E-state index in [4.69, 9.17) is 14.2 Å². The van der Waals surface area contributed by atoms with Gasteiger partial charge in [-0.1, -0.05) is 18.2 Å². The predicted octanol–water partition coefficient (Wildman–Crippen LogP) is 3.49. The van der Waals surface area contributed by atoms with Crippen molar-refractivity contribution in [2.24, 2.45) is 0 Å². The summed E-state index contributed by atoms with van der Waals surface area (Å²) in [6, 6.07) is 16.8. The molecule has 0 spiro atoms. The van der Waals surface area contributed by atoms with Crippen LogP contribution in [0.25, 0.3) is 0 Å². The summed E-state index contributed by atoms with van der Waals surface area (Å²) in [4.78, 5) is 14.1. The number of para-hydroxylation sites is 1. The fraction of sp³-hybridized carbons (Fsp3) is 0.350. The Hall–Kier alpha value is -2.53. The van der Waals surface area contributed by atoms with Gasteiger partial charge in [0.05, 0.1) is 12.2 Å². The Morgan fingerprint density at radius 3 is 2.16 bits per heavy atom. The largest absolute Gasteiger partial charge is 0.484 e. The molecule has 1 aliphatic heterocycles. The molecule has 1 heterocycles. The topological polar surface area (TPSA) is 48.0 Å². The Bertz CT molecular complexity index is 677. The molecule has 2 atom stereocenters. The number of nitrogens with zero attached hydrogens (tertiary/aromatic N) is 1. The number of hydrogen-bond donors (Lipinski definition) is 0. The lowest BCUT2D eigenvalue weighted by atomic mass is 10.2. The third kappa shape index (κ3) is 4.97. The number of rotatable bonds is 5. The van der Waals surface area contributed by atoms with E-state index >= 15 is 0 Å². The molecular weight excluding hydrogens is 318 g/mol. The standard InChI is InChI=1S/C20H23NO4/c1-15-12-21(13-16(2)24-15)20(22)14-23-17-8-10-19(11-9-17)25-18-6-4-3-5-7-18/h3-11,15-16H,12-14H2,1-2H3/t15-,16-/m0/s1. The van der Waals surface area contributed by atoms with E-state index in [1.807, 2.05) is 56.3 Å². The second kappa shape index (κ2) is 8.03. The Morgan fingerprint density at radius 1 is 0.960 bits per heavy atom. The Morgan fingerprint density at radius 2 is 1.52 bits per heavy atom. The molecule has 25 heavy (non-hydrogen) atoms. The van der Waals surface area contributed by atoms with Gasteiger partial charge < -0.3 is 19.1 Å². The molecule has 5 heteroatoms. The van der Waals surface area contributed by atoms with Gasteiger partial charge in [-0.3, -0.25) is 4.79 Å². The van der Waals surface area contributed by atoms with E-state index in [2.05, 4.69) is 0 Å². The monoisotopic (exact) mass is 341 g/mol. The van der Waals surface area contributed by atoms with Crippen LogP contribution >= 0.6 is 0 Å². The van der Waals surface area contributed by atoms with Gasteiger partial charge in [0.25, 0.3) is 5.91 Å². The molecule has 1 fully saturated rings. The minimum absolute atomic E-state index is 0.0217. The summed E-state index contributed by atoms with van der Waals surface area (Å²) in [5, 5.41) is 0. The molecule has 0 aromatic heterocycles. The highest BCUT2D eigenvalue weighted by atomic mass is 16.5. The number of carbonyl (C=O) groups is 1. The normalized spacial score (nSPS) is 20.2. The highest BCUT2D eigenvalue weighted by Crippen LogP contribution is 2.23. The third-order valence-corrected chi connectivity index (χ3v) is 3.94. The Balaban J connectivity index is 1.51. The van der Waals surface area contributed by atoms with Crippen molar-refractivity contribution in [2.45, 2.75) is 26.1 Å². The summed E-state index contributed by atoms with van der Waals surface area (Å²) in [5.74, 6) is 2.12. The maximum Gasteiger partial charge on any atom is 0.260 e. The van der Waals surface area contributed by atoms with Crippen molar-refractivity contribution in [2.75, 3.05) is 19.7 Å². The first-order valence-electron chi connectivity index (χ1n) is 8.49. The van der Waals surface area contributed by atoms with Crippen LogP contribution in [0.2, 0.25) is 0 Å². The molecule has 1 saturated heterocycles. The molecule has 1 aliphatic rings. The molecule has 2 aromatic rings. The van der Waals surface area contributed by atoms with Crippen LogP contribution < -0.4 is 9.47 Å². The SMILES string of the molecule is C[C@H]1CN(C(=O)COc2ccc(Oc3ccccc3)cc2)C[C@H](C)O1. The number of morpholine rings is 1. The van der Waals surface area contributed by atoms with Gasteiger partial charge in [0.2, 0.25) is 0 Å². The molecule has 5 nitrogen and oxygen atoms in total. The smallest absolute Gasteiger partial charge is 0.260 e. The molecular formula is C20H23NO4. The number of amides is 1. The van der Waals surface area contributed by atoms with Gasteiger partial charge in [0.15, 0.2) is 6.61 Å². The Labute approximate surface area is 148 Å². The van der Waals surface area contributed by atoms with Crippen molar-refractivity contribution in [1.29, 1.82) is 0 Å². The summed E-state index contributed by atoms with van der Waals surface area (Å²) in [7, 11) is 0. The zero-order valence-electron chi connectivity index (χ0n) is 14.6. The molecule has 0 radical (unpaired) electrons. The molecule has 3 rings (SSSR count). The lowest BCUT2D eigenvalue weighted by Gasteiger charge is -2.35. The number of hydrogen-bond acceptors (Lipinski definition) is 4. The summed E-state index contributed by atoms with van der Waals surface area (Å²) in [6.45, 7) is 5.19. The zero-order chi connectivity index (χ0) is 17.6. The Kier molecular flexibility index (Phi) is 5.56. The van der Waals surface area contributed by atoms with Gasteiger partial charge >= 0.3 is 0 Å². The van der Waals surface area contributed by atoms with Crippen LogP contribution in [0.3, 0.4) is 0 Å². The van der Waals surface area contributed by atoms with Crippen molar-refractivity contribution in [3.05, 3.63) is 54.6 Å². The minimum atomic E-state index is -0.0217. The van der Waals surface area contributed by atoms with E-state index in [-0.39, 0.29) is 24.7 Å². The first-order valence-corrected chi connectivity index (χ1v) is 8.49. The molecule has 132 valence electrons. The summed E-state index contributed by atoms with van der Waals surface area (Å²) in [5.41, 5.74) is 0. The fourth-order valence-corrected chi connectivity index (χ4v) is 2.85. The van der Waals surface area contributed by atoms with Gasteiger partial charge in [0.1, 0.15) is 17.2 Å². The maximum absolute atomic E-state index is 12.3. The quantitative estimate of drug-likeness (QED) is 0.835. The minimum Gasteiger partial charge on any atom is -0.484 e. The second-order valence-corrected chi connectivity index (χ2v) is 6.23. The predicted molar refractivity (Wildman–Crippen MR) is 95.0 cm³/mol. The average Bonchev–Trinajstić information content (AvgIpc) is 2.61. The molecule has 0 bridgehead atoms. The number of ether oxygens (including phenoxy) is 3.